The number of nitrogens with zero attached hydrogens (tertiary/aromatic N) is 2. The van der Waals surface area contributed by atoms with Gasteiger partial charge in [0.15, 0.2) is 0 Å². The topological polar surface area (TPSA) is 59.0 Å². The van der Waals surface area contributed by atoms with Crippen LogP contribution in [0.4, 0.5) is 0 Å². The van der Waals surface area contributed by atoms with E-state index in [1.54, 1.807) is 4.90 Å². The van der Waals surface area contributed by atoms with Crippen LogP contribution in [0.25, 0.3) is 0 Å². The monoisotopic (exact) mass is 186 g/mol. The lowest BCUT2D eigenvalue weighted by molar-refractivity contribution is -0.134. The largest absolute Gasteiger partial charge is 0.370 e. The summed E-state index contributed by atoms with van der Waals surface area (Å²) in [5.74, 6) is 0.0170. The van der Waals surface area contributed by atoms with Gasteiger partial charge in [0.1, 0.15) is 13.2 Å². The van der Waals surface area contributed by atoms with Gasteiger partial charge in [0.25, 0.3) is 0 Å². The zero-order valence-electron chi connectivity index (χ0n) is 7.57. The average molecular weight is 186 g/mol. The lowest BCUT2D eigenvalue weighted by Crippen LogP contribution is -2.31. The minimum Gasteiger partial charge on any atom is -0.370 e. The summed E-state index contributed by atoms with van der Waals surface area (Å²) in [7, 11) is 0. The molecule has 1 aliphatic heterocycles. The number of ether oxygens (including phenoxy) is 1. The van der Waals surface area contributed by atoms with Crippen molar-refractivity contribution in [3.63, 3.8) is 0 Å². The van der Waals surface area contributed by atoms with Crippen molar-refractivity contribution >= 4 is 5.91 Å². The quantitative estimate of drug-likeness (QED) is 0.461. The molecule has 0 aromatic carbocycles. The van der Waals surface area contributed by atoms with Gasteiger partial charge in [0.05, 0.1) is 6.61 Å². The molecule has 1 saturated heterocycles. The first-order valence-electron chi connectivity index (χ1n) is 4.49. The zero-order chi connectivity index (χ0) is 9.52. The Kier molecular flexibility index (Phi) is 4.39. The van der Waals surface area contributed by atoms with E-state index >= 15 is 0 Å². The molecule has 0 aliphatic carbocycles. The second-order valence-electron chi connectivity index (χ2n) is 2.99. The minimum atomic E-state index is 0.0170. The van der Waals surface area contributed by atoms with Crippen molar-refractivity contribution in [2.24, 2.45) is 5.18 Å². The molecular weight excluding hydrogens is 172 g/mol. The Balaban J connectivity index is 2.06. The molecule has 0 N–H and O–H groups in total. The molecule has 1 amide bonds. The molecule has 1 fully saturated rings. The van der Waals surface area contributed by atoms with E-state index in [0.29, 0.717) is 0 Å². The molecule has 13 heavy (non-hydrogen) atoms. The van der Waals surface area contributed by atoms with Gasteiger partial charge >= 0.3 is 0 Å². The smallest absolute Gasteiger partial charge is 0.248 e. The molecule has 0 atom stereocenters. The Labute approximate surface area is 77.0 Å². The van der Waals surface area contributed by atoms with E-state index in [9.17, 15) is 9.70 Å². The van der Waals surface area contributed by atoms with Crippen LogP contribution in [0.15, 0.2) is 5.18 Å². The standard InChI is InChI=1S/C8H14N2O3/c11-8(7-13-6-3-9-12)10-4-1-2-5-10/h1-7H2. The summed E-state index contributed by atoms with van der Waals surface area (Å²) in [6, 6.07) is 0. The van der Waals surface area contributed by atoms with E-state index in [4.69, 9.17) is 4.74 Å². The number of hydrogen-bond acceptors (Lipinski definition) is 4. The van der Waals surface area contributed by atoms with Crippen LogP contribution >= 0.6 is 0 Å². The summed E-state index contributed by atoms with van der Waals surface area (Å²) >= 11 is 0. The third-order valence-electron chi connectivity index (χ3n) is 2.01. The van der Waals surface area contributed by atoms with Crippen molar-refractivity contribution in [3.05, 3.63) is 4.91 Å². The Morgan fingerprint density at radius 1 is 1.38 bits per heavy atom. The van der Waals surface area contributed by atoms with Crippen molar-refractivity contribution in [1.29, 1.82) is 0 Å². The number of amides is 1. The molecule has 0 spiro atoms. The molecule has 0 bridgehead atoms. The summed E-state index contributed by atoms with van der Waals surface area (Å²) in [4.78, 5) is 22.8. The van der Waals surface area contributed by atoms with E-state index in [2.05, 4.69) is 5.18 Å². The van der Waals surface area contributed by atoms with Crippen molar-refractivity contribution in [3.8, 4) is 0 Å². The molecule has 1 rings (SSSR count). The maximum Gasteiger partial charge on any atom is 0.248 e. The molecule has 0 saturated carbocycles. The first-order valence-corrected chi connectivity index (χ1v) is 4.49. The third kappa shape index (κ3) is 3.50. The van der Waals surface area contributed by atoms with Crippen molar-refractivity contribution < 1.29 is 9.53 Å². The summed E-state index contributed by atoms with van der Waals surface area (Å²) < 4.78 is 4.96. The molecule has 74 valence electrons. The number of carbonyl (C=O) groups is 1. The van der Waals surface area contributed by atoms with Gasteiger partial charge in [-0.2, -0.15) is 4.91 Å². The van der Waals surface area contributed by atoms with Gasteiger partial charge in [-0.05, 0) is 12.8 Å². The SMILES string of the molecule is O=NCCOCC(=O)N1CCCC1. The van der Waals surface area contributed by atoms with Crippen molar-refractivity contribution in [1.82, 2.24) is 4.90 Å². The van der Waals surface area contributed by atoms with E-state index in [1.165, 1.54) is 0 Å². The van der Waals surface area contributed by atoms with Crippen LogP contribution in [0, 0.1) is 4.91 Å². The fourth-order valence-electron chi connectivity index (χ4n) is 1.32. The van der Waals surface area contributed by atoms with Gasteiger partial charge in [-0.1, -0.05) is 5.18 Å². The lowest BCUT2D eigenvalue weighted by Gasteiger charge is -2.14. The number of rotatable bonds is 5. The lowest BCUT2D eigenvalue weighted by atomic mass is 10.4. The fourth-order valence-corrected chi connectivity index (χ4v) is 1.32. The van der Waals surface area contributed by atoms with Gasteiger partial charge < -0.3 is 9.64 Å². The summed E-state index contributed by atoms with van der Waals surface area (Å²) in [6.45, 7) is 2.12. The van der Waals surface area contributed by atoms with Crippen LogP contribution in [0.5, 0.6) is 0 Å². The Hall–Kier alpha value is -0.970. The molecule has 1 aliphatic rings. The van der Waals surface area contributed by atoms with Gasteiger partial charge in [-0.15, -0.1) is 0 Å². The fraction of sp³-hybridized carbons (Fsp3) is 0.875. The van der Waals surface area contributed by atoms with E-state index in [1.807, 2.05) is 0 Å². The Morgan fingerprint density at radius 2 is 2.08 bits per heavy atom. The zero-order valence-corrected chi connectivity index (χ0v) is 7.57. The molecule has 0 aromatic rings. The second-order valence-corrected chi connectivity index (χ2v) is 2.99. The van der Waals surface area contributed by atoms with Crippen LogP contribution in [0.1, 0.15) is 12.8 Å². The first kappa shape index (κ1) is 10.1. The molecule has 5 nitrogen and oxygen atoms in total. The number of hydrogen-bond donors (Lipinski definition) is 0. The van der Waals surface area contributed by atoms with Crippen LogP contribution in [-0.2, 0) is 9.53 Å². The van der Waals surface area contributed by atoms with Gasteiger partial charge in [0, 0.05) is 13.1 Å². The predicted octanol–water partition coefficient (Wildman–Crippen LogP) is 0.392. The first-order chi connectivity index (χ1) is 6.34. The molecule has 0 aromatic heterocycles. The summed E-state index contributed by atoms with van der Waals surface area (Å²) in [5.41, 5.74) is 0. The normalized spacial score (nSPS) is 16.2. The molecule has 1 heterocycles. The third-order valence-corrected chi connectivity index (χ3v) is 2.01. The van der Waals surface area contributed by atoms with Gasteiger partial charge in [0.2, 0.25) is 5.91 Å². The van der Waals surface area contributed by atoms with Crippen molar-refractivity contribution in [2.45, 2.75) is 12.8 Å². The predicted molar refractivity (Wildman–Crippen MR) is 47.3 cm³/mol. The number of nitroso groups, excluding NO2 is 1. The Morgan fingerprint density at radius 3 is 2.69 bits per heavy atom. The van der Waals surface area contributed by atoms with E-state index < -0.39 is 0 Å². The number of carbonyl (C=O) groups excluding carboxylic acids is 1. The maximum absolute atomic E-state index is 11.3. The molecule has 0 unspecified atom stereocenters. The second kappa shape index (κ2) is 5.64. The van der Waals surface area contributed by atoms with Crippen LogP contribution in [0.2, 0.25) is 0 Å². The van der Waals surface area contributed by atoms with Crippen LogP contribution in [-0.4, -0.2) is 43.7 Å². The average Bonchev–Trinajstić information content (AvgIpc) is 2.65. The van der Waals surface area contributed by atoms with E-state index in [-0.39, 0.29) is 25.7 Å². The summed E-state index contributed by atoms with van der Waals surface area (Å²) in [5, 5.41) is 2.63. The highest BCUT2D eigenvalue weighted by molar-refractivity contribution is 5.77. The molecule has 5 heteroatoms. The highest BCUT2D eigenvalue weighted by Crippen LogP contribution is 2.07. The van der Waals surface area contributed by atoms with Crippen LogP contribution < -0.4 is 0 Å². The Bertz CT molecular complexity index is 178. The minimum absolute atomic E-state index is 0.0170. The van der Waals surface area contributed by atoms with Gasteiger partial charge in [-0.25, -0.2) is 0 Å². The highest BCUT2D eigenvalue weighted by atomic mass is 16.5. The molecule has 0 radical (unpaired) electrons. The highest BCUT2D eigenvalue weighted by Gasteiger charge is 2.17. The van der Waals surface area contributed by atoms with Gasteiger partial charge in [-0.3, -0.25) is 4.79 Å². The van der Waals surface area contributed by atoms with E-state index in [0.717, 1.165) is 25.9 Å². The number of likely N-dealkylation sites (tertiary alicyclic amines) is 1. The maximum atomic E-state index is 11.3. The van der Waals surface area contributed by atoms with Crippen molar-refractivity contribution in [2.75, 3.05) is 32.8 Å². The molecular formula is C8H14N2O3. The summed E-state index contributed by atoms with van der Waals surface area (Å²) in [6.07, 6.45) is 2.17. The van der Waals surface area contributed by atoms with Crippen LogP contribution in [0.3, 0.4) is 0 Å².